The average Bonchev–Trinajstić information content (AvgIpc) is 3.33. The molecule has 3 aromatic carbocycles. The van der Waals surface area contributed by atoms with Gasteiger partial charge in [-0.2, -0.15) is 0 Å². The summed E-state index contributed by atoms with van der Waals surface area (Å²) in [6, 6.07) is 13.6. The van der Waals surface area contributed by atoms with Gasteiger partial charge in [0.05, 0.1) is 10.9 Å². The van der Waals surface area contributed by atoms with Crippen molar-refractivity contribution < 1.29 is 43.0 Å². The van der Waals surface area contributed by atoms with E-state index in [4.69, 9.17) is 23.8 Å². The first kappa shape index (κ1) is 36.1. The number of ether oxygens (including phenoxy) is 4. The maximum atomic E-state index is 13.3. The highest BCUT2D eigenvalue weighted by molar-refractivity contribution is 8.15. The smallest absolute Gasteiger partial charge is 0.414 e. The number of hydrogen-bond acceptors (Lipinski definition) is 10. The minimum atomic E-state index is -0.776. The summed E-state index contributed by atoms with van der Waals surface area (Å²) in [7, 11) is 3.09. The highest BCUT2D eigenvalue weighted by atomic mass is 32.2. The maximum absolute atomic E-state index is 13.3. The molecule has 256 valence electrons. The Balaban J connectivity index is 1.67. The number of anilines is 2. The maximum Gasteiger partial charge on any atom is 0.414 e. The third-order valence-corrected chi connectivity index (χ3v) is 8.30. The second kappa shape index (κ2) is 15.0. The number of hydroxylamine groups is 1. The van der Waals surface area contributed by atoms with Crippen molar-refractivity contribution in [1.82, 2.24) is 5.32 Å². The van der Waals surface area contributed by atoms with Gasteiger partial charge in [-0.05, 0) is 101 Å². The van der Waals surface area contributed by atoms with E-state index in [2.05, 4.69) is 5.32 Å². The standard InChI is InChI=1S/C35H41N3O9S/c1-20-16-29(21(2)22(3)31(20)44-19-43-9)45-26-14-15-27(28(18-26)37(8)34(42)46-35(5,6)7)38(23(4)39)47-25-12-10-24(11-13-25)17-30-32(40)36-33(41)48-30/h10-16,18,30H,17,19H2,1-9H3,(H,36,40,41). The molecule has 0 aromatic heterocycles. The Kier molecular flexibility index (Phi) is 11.3. The summed E-state index contributed by atoms with van der Waals surface area (Å²) in [5.41, 5.74) is 3.19. The molecule has 1 fully saturated rings. The molecule has 0 radical (unpaired) electrons. The molecule has 4 rings (SSSR count). The number of rotatable bonds is 11. The number of methoxy groups -OCH3 is 1. The second-order valence-electron chi connectivity index (χ2n) is 12.2. The van der Waals surface area contributed by atoms with Gasteiger partial charge in [0.25, 0.3) is 11.1 Å². The summed E-state index contributed by atoms with van der Waals surface area (Å²) in [4.78, 5) is 57.2. The molecule has 4 amide bonds. The van der Waals surface area contributed by atoms with E-state index in [1.165, 1.54) is 18.9 Å². The van der Waals surface area contributed by atoms with Gasteiger partial charge in [-0.1, -0.05) is 23.9 Å². The number of amides is 4. The normalized spacial score (nSPS) is 14.3. The Bertz CT molecular complexity index is 1700. The van der Waals surface area contributed by atoms with Crippen LogP contribution < -0.4 is 29.6 Å². The fourth-order valence-electron chi connectivity index (χ4n) is 4.85. The lowest BCUT2D eigenvalue weighted by Crippen LogP contribution is -2.37. The minimum Gasteiger partial charge on any atom is -0.467 e. The summed E-state index contributed by atoms with van der Waals surface area (Å²) < 4.78 is 22.8. The van der Waals surface area contributed by atoms with Crippen molar-refractivity contribution in [2.24, 2.45) is 0 Å². The van der Waals surface area contributed by atoms with Crippen LogP contribution >= 0.6 is 11.8 Å². The van der Waals surface area contributed by atoms with Crippen LogP contribution in [0.15, 0.2) is 48.5 Å². The molecule has 1 aliphatic rings. The van der Waals surface area contributed by atoms with Crippen LogP contribution in [0.3, 0.4) is 0 Å². The third-order valence-electron chi connectivity index (χ3n) is 7.32. The fraction of sp³-hybridized carbons (Fsp3) is 0.371. The summed E-state index contributed by atoms with van der Waals surface area (Å²) in [6.45, 7) is 12.5. The number of nitrogens with one attached hydrogen (secondary N) is 1. The molecule has 0 saturated carbocycles. The predicted molar refractivity (Wildman–Crippen MR) is 183 cm³/mol. The zero-order valence-electron chi connectivity index (χ0n) is 28.6. The molecule has 0 bridgehead atoms. The molecule has 1 heterocycles. The molecule has 1 saturated heterocycles. The number of thioether (sulfide) groups is 1. The predicted octanol–water partition coefficient (Wildman–Crippen LogP) is 7.00. The first-order chi connectivity index (χ1) is 22.6. The van der Waals surface area contributed by atoms with Gasteiger partial charge in [0.1, 0.15) is 28.5 Å². The summed E-state index contributed by atoms with van der Waals surface area (Å²) in [5, 5.41) is 2.49. The first-order valence-corrected chi connectivity index (χ1v) is 16.1. The van der Waals surface area contributed by atoms with E-state index in [1.54, 1.807) is 70.3 Å². The van der Waals surface area contributed by atoms with Crippen LogP contribution in [0, 0.1) is 20.8 Å². The van der Waals surface area contributed by atoms with Gasteiger partial charge in [0, 0.05) is 27.1 Å². The molecule has 12 nitrogen and oxygen atoms in total. The molecule has 1 aliphatic heterocycles. The molecule has 1 unspecified atom stereocenters. The lowest BCUT2D eigenvalue weighted by atomic mass is 10.0. The Hall–Kier alpha value is -4.75. The Morgan fingerprint density at radius 3 is 2.19 bits per heavy atom. The number of carbonyl (C=O) groups is 4. The third kappa shape index (κ3) is 8.78. The molecule has 0 spiro atoms. The Morgan fingerprint density at radius 2 is 1.60 bits per heavy atom. The van der Waals surface area contributed by atoms with E-state index in [-0.39, 0.29) is 29.3 Å². The molecule has 0 aliphatic carbocycles. The van der Waals surface area contributed by atoms with Crippen LogP contribution in [0.25, 0.3) is 0 Å². The first-order valence-electron chi connectivity index (χ1n) is 15.2. The van der Waals surface area contributed by atoms with Crippen LogP contribution in [-0.2, 0) is 25.5 Å². The van der Waals surface area contributed by atoms with Gasteiger partial charge < -0.3 is 23.8 Å². The van der Waals surface area contributed by atoms with E-state index in [9.17, 15) is 19.2 Å². The van der Waals surface area contributed by atoms with Crippen molar-refractivity contribution >= 4 is 46.3 Å². The zero-order valence-corrected chi connectivity index (χ0v) is 29.4. The summed E-state index contributed by atoms with van der Waals surface area (Å²) >= 11 is 0.955. The highest BCUT2D eigenvalue weighted by Crippen LogP contribution is 2.39. The zero-order chi connectivity index (χ0) is 35.3. The fourth-order valence-corrected chi connectivity index (χ4v) is 5.71. The number of aryl methyl sites for hydroxylation is 1. The van der Waals surface area contributed by atoms with Crippen LogP contribution in [-0.4, -0.2) is 54.9 Å². The number of imide groups is 1. The van der Waals surface area contributed by atoms with Gasteiger partial charge in [0.15, 0.2) is 12.5 Å². The Morgan fingerprint density at radius 1 is 0.938 bits per heavy atom. The average molecular weight is 680 g/mol. The number of benzene rings is 3. The number of carbonyl (C=O) groups excluding carboxylic acids is 4. The van der Waals surface area contributed by atoms with E-state index in [0.29, 0.717) is 29.4 Å². The molecular formula is C35H41N3O9S. The van der Waals surface area contributed by atoms with Gasteiger partial charge in [-0.25, -0.2) is 4.79 Å². The van der Waals surface area contributed by atoms with Crippen LogP contribution in [0.5, 0.6) is 23.0 Å². The van der Waals surface area contributed by atoms with Crippen LogP contribution in [0.4, 0.5) is 21.0 Å². The van der Waals surface area contributed by atoms with Gasteiger partial charge >= 0.3 is 6.09 Å². The lowest BCUT2D eigenvalue weighted by molar-refractivity contribution is -0.120. The second-order valence-corrected chi connectivity index (χ2v) is 13.4. The lowest BCUT2D eigenvalue weighted by Gasteiger charge is -2.29. The number of nitrogens with zero attached hydrogens (tertiary/aromatic N) is 2. The van der Waals surface area contributed by atoms with E-state index in [1.807, 2.05) is 26.8 Å². The van der Waals surface area contributed by atoms with Crippen molar-refractivity contribution in [3.8, 4) is 23.0 Å². The summed E-state index contributed by atoms with van der Waals surface area (Å²) in [6.07, 6.45) is -0.296. The topological polar surface area (TPSA) is 133 Å². The van der Waals surface area contributed by atoms with Crippen molar-refractivity contribution in [3.05, 3.63) is 70.8 Å². The molecule has 3 aromatic rings. The Labute approximate surface area is 284 Å². The minimum absolute atomic E-state index is 0.114. The molecule has 13 heteroatoms. The highest BCUT2D eigenvalue weighted by Gasteiger charge is 2.32. The van der Waals surface area contributed by atoms with Crippen molar-refractivity contribution in [3.63, 3.8) is 0 Å². The molecule has 48 heavy (non-hydrogen) atoms. The van der Waals surface area contributed by atoms with Crippen LogP contribution in [0.1, 0.15) is 49.9 Å². The quantitative estimate of drug-likeness (QED) is 0.167. The monoisotopic (exact) mass is 679 g/mol. The van der Waals surface area contributed by atoms with Crippen LogP contribution in [0.2, 0.25) is 0 Å². The largest absolute Gasteiger partial charge is 0.467 e. The van der Waals surface area contributed by atoms with Crippen molar-refractivity contribution in [1.29, 1.82) is 0 Å². The van der Waals surface area contributed by atoms with E-state index < -0.39 is 22.9 Å². The molecule has 1 atom stereocenters. The number of hydrogen-bond donors (Lipinski definition) is 1. The van der Waals surface area contributed by atoms with Gasteiger partial charge in [-0.3, -0.25) is 24.6 Å². The molecule has 1 N–H and O–H groups in total. The van der Waals surface area contributed by atoms with E-state index in [0.717, 1.165) is 39.1 Å². The van der Waals surface area contributed by atoms with Crippen molar-refractivity contribution in [2.45, 2.75) is 65.7 Å². The van der Waals surface area contributed by atoms with Gasteiger partial charge in [-0.15, -0.1) is 5.06 Å². The van der Waals surface area contributed by atoms with Crippen molar-refractivity contribution in [2.75, 3.05) is 30.9 Å². The van der Waals surface area contributed by atoms with E-state index >= 15 is 0 Å². The molecular weight excluding hydrogens is 638 g/mol. The SMILES string of the molecule is COCOc1c(C)cc(Oc2ccc(N(Oc3ccc(CC4SC(=O)NC4=O)cc3)C(C)=O)c(N(C)C(=O)OC(C)(C)C)c2)c(C)c1C. The summed E-state index contributed by atoms with van der Waals surface area (Å²) in [5.74, 6) is 1.25. The van der Waals surface area contributed by atoms with Gasteiger partial charge in [0.2, 0.25) is 5.91 Å².